The fraction of sp³-hybridized carbons (Fsp3) is 0.278. The zero-order valence-electron chi connectivity index (χ0n) is 13.6. The number of methoxy groups -OCH3 is 1. The Morgan fingerprint density at radius 2 is 2.00 bits per heavy atom. The molecule has 1 aliphatic rings. The summed E-state index contributed by atoms with van der Waals surface area (Å²) in [5.41, 5.74) is 0.609. The average molecular weight is 329 g/mol. The molecule has 0 aliphatic carbocycles. The summed E-state index contributed by atoms with van der Waals surface area (Å²) in [5, 5.41) is 2.84. The number of benzene rings is 2. The Morgan fingerprint density at radius 3 is 2.79 bits per heavy atom. The lowest BCUT2D eigenvalue weighted by molar-refractivity contribution is -0.122. The summed E-state index contributed by atoms with van der Waals surface area (Å²) >= 11 is 0. The Bertz CT molecular complexity index is 731. The van der Waals surface area contributed by atoms with Crippen molar-refractivity contribution < 1.29 is 23.7 Å². The molecule has 1 N–H and O–H groups in total. The van der Waals surface area contributed by atoms with Crippen molar-refractivity contribution in [2.24, 2.45) is 0 Å². The average Bonchev–Trinajstić information content (AvgIpc) is 3.07. The van der Waals surface area contributed by atoms with Crippen LogP contribution in [0.25, 0.3) is 0 Å². The highest BCUT2D eigenvalue weighted by molar-refractivity contribution is 5.95. The number of rotatable bonds is 6. The van der Waals surface area contributed by atoms with Crippen LogP contribution < -0.4 is 24.3 Å². The van der Waals surface area contributed by atoms with Crippen LogP contribution in [0.4, 0.5) is 5.69 Å². The summed E-state index contributed by atoms with van der Waals surface area (Å²) in [6, 6.07) is 12.5. The van der Waals surface area contributed by atoms with Gasteiger partial charge in [0.15, 0.2) is 17.6 Å². The van der Waals surface area contributed by atoms with Gasteiger partial charge in [0.25, 0.3) is 5.91 Å². The van der Waals surface area contributed by atoms with E-state index in [1.54, 1.807) is 37.4 Å². The van der Waals surface area contributed by atoms with Crippen molar-refractivity contribution in [3.8, 4) is 23.0 Å². The van der Waals surface area contributed by atoms with Crippen LogP contribution in [-0.4, -0.2) is 25.9 Å². The summed E-state index contributed by atoms with van der Waals surface area (Å²) in [6.07, 6.45) is -0.106. The number of carbonyl (C=O) groups excluding carboxylic acids is 1. The van der Waals surface area contributed by atoms with E-state index in [0.717, 1.165) is 0 Å². The molecular weight excluding hydrogens is 310 g/mol. The zero-order valence-corrected chi connectivity index (χ0v) is 13.6. The molecule has 1 atom stereocenters. The molecule has 0 fully saturated rings. The fourth-order valence-corrected chi connectivity index (χ4v) is 2.40. The third-order valence-electron chi connectivity index (χ3n) is 3.65. The van der Waals surface area contributed by atoms with Crippen LogP contribution in [0.2, 0.25) is 0 Å². The Kier molecular flexibility index (Phi) is 4.74. The molecule has 6 heteroatoms. The van der Waals surface area contributed by atoms with Crippen molar-refractivity contribution in [2.75, 3.05) is 19.2 Å². The molecule has 1 heterocycles. The van der Waals surface area contributed by atoms with E-state index in [1.807, 2.05) is 19.1 Å². The first-order valence-corrected chi connectivity index (χ1v) is 7.71. The Hall–Kier alpha value is -2.89. The second-order valence-corrected chi connectivity index (χ2v) is 5.22. The lowest BCUT2D eigenvalue weighted by Gasteiger charge is -2.18. The van der Waals surface area contributed by atoms with Crippen LogP contribution in [-0.2, 0) is 4.79 Å². The maximum Gasteiger partial charge on any atom is 0.265 e. The van der Waals surface area contributed by atoms with Gasteiger partial charge in [-0.15, -0.1) is 0 Å². The minimum Gasteiger partial charge on any atom is -0.495 e. The van der Waals surface area contributed by atoms with Gasteiger partial charge in [0.2, 0.25) is 6.79 Å². The van der Waals surface area contributed by atoms with Gasteiger partial charge in [-0.25, -0.2) is 0 Å². The first-order valence-electron chi connectivity index (χ1n) is 7.71. The van der Waals surface area contributed by atoms with Crippen molar-refractivity contribution in [3.63, 3.8) is 0 Å². The Morgan fingerprint density at radius 1 is 1.21 bits per heavy atom. The normalized spacial score (nSPS) is 13.2. The van der Waals surface area contributed by atoms with Gasteiger partial charge in [0.1, 0.15) is 11.5 Å². The Labute approximate surface area is 140 Å². The van der Waals surface area contributed by atoms with Crippen LogP contribution in [0.15, 0.2) is 42.5 Å². The lowest BCUT2D eigenvalue weighted by Crippen LogP contribution is -2.32. The van der Waals surface area contributed by atoms with E-state index in [4.69, 9.17) is 18.9 Å². The van der Waals surface area contributed by atoms with E-state index in [-0.39, 0.29) is 12.7 Å². The van der Waals surface area contributed by atoms with Gasteiger partial charge in [-0.2, -0.15) is 0 Å². The van der Waals surface area contributed by atoms with E-state index in [0.29, 0.717) is 35.1 Å². The quantitative estimate of drug-likeness (QED) is 0.881. The van der Waals surface area contributed by atoms with Crippen molar-refractivity contribution in [2.45, 2.75) is 19.4 Å². The second kappa shape index (κ2) is 7.12. The summed E-state index contributed by atoms with van der Waals surface area (Å²) in [7, 11) is 1.56. The van der Waals surface area contributed by atoms with Crippen molar-refractivity contribution >= 4 is 11.6 Å². The molecule has 6 nitrogen and oxygen atoms in total. The molecule has 2 aromatic carbocycles. The SMILES string of the molecule is CCC(Oc1ccc2c(c1)OCO2)C(=O)Nc1ccccc1OC. The molecule has 2 aromatic rings. The van der Waals surface area contributed by atoms with Crippen molar-refractivity contribution in [1.82, 2.24) is 0 Å². The van der Waals surface area contributed by atoms with Crippen LogP contribution >= 0.6 is 0 Å². The van der Waals surface area contributed by atoms with E-state index in [9.17, 15) is 4.79 Å². The topological polar surface area (TPSA) is 66.0 Å². The molecule has 1 amide bonds. The maximum atomic E-state index is 12.5. The fourth-order valence-electron chi connectivity index (χ4n) is 2.40. The predicted molar refractivity (Wildman–Crippen MR) is 88.9 cm³/mol. The molecule has 0 saturated heterocycles. The van der Waals surface area contributed by atoms with Gasteiger partial charge < -0.3 is 24.3 Å². The van der Waals surface area contributed by atoms with Gasteiger partial charge in [0, 0.05) is 6.07 Å². The number of para-hydroxylation sites is 2. The highest BCUT2D eigenvalue weighted by Gasteiger charge is 2.21. The highest BCUT2D eigenvalue weighted by atomic mass is 16.7. The molecule has 1 aliphatic heterocycles. The number of carbonyl (C=O) groups is 1. The summed E-state index contributed by atoms with van der Waals surface area (Å²) < 4.78 is 21.6. The van der Waals surface area contributed by atoms with Gasteiger partial charge in [-0.05, 0) is 30.7 Å². The summed E-state index contributed by atoms with van der Waals surface area (Å²) in [6.45, 7) is 2.09. The minimum absolute atomic E-state index is 0.199. The smallest absolute Gasteiger partial charge is 0.265 e. The number of hydrogen-bond acceptors (Lipinski definition) is 5. The predicted octanol–water partition coefficient (Wildman–Crippen LogP) is 3.22. The molecular formula is C18H19NO5. The zero-order chi connectivity index (χ0) is 16.9. The van der Waals surface area contributed by atoms with Crippen molar-refractivity contribution in [3.05, 3.63) is 42.5 Å². The van der Waals surface area contributed by atoms with Gasteiger partial charge in [0.05, 0.1) is 12.8 Å². The first kappa shape index (κ1) is 16.0. The molecule has 0 spiro atoms. The number of hydrogen-bond donors (Lipinski definition) is 1. The largest absolute Gasteiger partial charge is 0.495 e. The van der Waals surface area contributed by atoms with Gasteiger partial charge in [-0.1, -0.05) is 19.1 Å². The molecule has 0 saturated carbocycles. The lowest BCUT2D eigenvalue weighted by atomic mass is 10.2. The van der Waals surface area contributed by atoms with Crippen LogP contribution in [0.3, 0.4) is 0 Å². The van der Waals surface area contributed by atoms with Crippen LogP contribution in [0.1, 0.15) is 13.3 Å². The number of ether oxygens (including phenoxy) is 4. The number of nitrogens with one attached hydrogen (secondary N) is 1. The van der Waals surface area contributed by atoms with E-state index in [2.05, 4.69) is 5.32 Å². The summed E-state index contributed by atoms with van der Waals surface area (Å²) in [5.74, 6) is 2.21. The van der Waals surface area contributed by atoms with E-state index < -0.39 is 6.10 Å². The monoisotopic (exact) mass is 329 g/mol. The molecule has 24 heavy (non-hydrogen) atoms. The molecule has 126 valence electrons. The number of amides is 1. The van der Waals surface area contributed by atoms with Crippen molar-refractivity contribution in [1.29, 1.82) is 0 Å². The molecule has 0 bridgehead atoms. The number of anilines is 1. The first-order chi connectivity index (χ1) is 11.7. The van der Waals surface area contributed by atoms with Crippen LogP contribution in [0.5, 0.6) is 23.0 Å². The molecule has 3 rings (SSSR count). The second-order valence-electron chi connectivity index (χ2n) is 5.22. The van der Waals surface area contributed by atoms with E-state index >= 15 is 0 Å². The summed E-state index contributed by atoms with van der Waals surface area (Å²) in [4.78, 5) is 12.5. The number of fused-ring (bicyclic) bond motifs is 1. The maximum absolute atomic E-state index is 12.5. The third-order valence-corrected chi connectivity index (χ3v) is 3.65. The van der Waals surface area contributed by atoms with Gasteiger partial charge >= 0.3 is 0 Å². The highest BCUT2D eigenvalue weighted by Crippen LogP contribution is 2.35. The standard InChI is InChI=1S/C18H19NO5/c1-3-14(18(20)19-13-6-4-5-7-15(13)21-2)24-12-8-9-16-17(10-12)23-11-22-16/h4-10,14H,3,11H2,1-2H3,(H,19,20). The molecule has 1 unspecified atom stereocenters. The minimum atomic E-state index is -0.629. The van der Waals surface area contributed by atoms with Crippen LogP contribution in [0, 0.1) is 0 Å². The van der Waals surface area contributed by atoms with E-state index in [1.165, 1.54) is 0 Å². The molecule has 0 aromatic heterocycles. The van der Waals surface area contributed by atoms with Gasteiger partial charge in [-0.3, -0.25) is 4.79 Å². The molecule has 0 radical (unpaired) electrons. The Balaban J connectivity index is 1.70. The third kappa shape index (κ3) is 3.37.